The second-order valence-electron chi connectivity index (χ2n) is 6.42. The van der Waals surface area contributed by atoms with E-state index in [-0.39, 0.29) is 18.3 Å². The number of hydrogen-bond donors (Lipinski definition) is 0. The molecule has 0 aliphatic carbocycles. The number of ether oxygens (including phenoxy) is 2. The molecule has 0 saturated heterocycles. The van der Waals surface area contributed by atoms with Gasteiger partial charge in [-0.25, -0.2) is 9.78 Å². The molecular formula is C21H22N2O4. The Morgan fingerprint density at radius 1 is 1.07 bits per heavy atom. The van der Waals surface area contributed by atoms with Crippen LogP contribution in [0.1, 0.15) is 30.0 Å². The molecule has 140 valence electrons. The number of carbonyl (C=O) groups is 1. The van der Waals surface area contributed by atoms with Crippen molar-refractivity contribution >= 4 is 16.9 Å². The third kappa shape index (κ3) is 4.23. The summed E-state index contributed by atoms with van der Waals surface area (Å²) in [5.41, 5.74) is 1.59. The summed E-state index contributed by atoms with van der Waals surface area (Å²) < 4.78 is 12.1. The van der Waals surface area contributed by atoms with Crippen LogP contribution in [0.2, 0.25) is 0 Å². The number of carbonyl (C=O) groups excluding carboxylic acids is 1. The number of para-hydroxylation sites is 1. The lowest BCUT2D eigenvalue weighted by atomic mass is 10.2. The fraction of sp³-hybridized carbons (Fsp3) is 0.286. The van der Waals surface area contributed by atoms with Gasteiger partial charge in [0.1, 0.15) is 12.4 Å². The highest BCUT2D eigenvalue weighted by molar-refractivity contribution is 5.89. The van der Waals surface area contributed by atoms with Gasteiger partial charge in [0.2, 0.25) is 0 Å². The van der Waals surface area contributed by atoms with Crippen LogP contribution < -0.4 is 5.56 Å². The Hall–Kier alpha value is -2.99. The second-order valence-corrected chi connectivity index (χ2v) is 6.42. The van der Waals surface area contributed by atoms with Gasteiger partial charge < -0.3 is 9.47 Å². The van der Waals surface area contributed by atoms with Gasteiger partial charge in [-0.1, -0.05) is 12.1 Å². The minimum Gasteiger partial charge on any atom is -0.460 e. The average molecular weight is 366 g/mol. The van der Waals surface area contributed by atoms with Crippen LogP contribution >= 0.6 is 0 Å². The monoisotopic (exact) mass is 366 g/mol. The zero-order chi connectivity index (χ0) is 19.4. The largest absolute Gasteiger partial charge is 0.460 e. The van der Waals surface area contributed by atoms with Gasteiger partial charge >= 0.3 is 5.97 Å². The maximum Gasteiger partial charge on any atom is 0.338 e. The SMILES string of the molecule is Cc1nc2ccccc2c(=O)n1-c1ccc(C(=O)OCCOC(C)C)cc1. The molecule has 3 aromatic rings. The lowest BCUT2D eigenvalue weighted by molar-refractivity contribution is 0.0177. The van der Waals surface area contributed by atoms with E-state index in [0.29, 0.717) is 34.6 Å². The second kappa shape index (κ2) is 8.14. The number of aryl methyl sites for hydroxylation is 1. The first-order valence-electron chi connectivity index (χ1n) is 8.85. The van der Waals surface area contributed by atoms with E-state index in [0.717, 1.165) is 0 Å². The zero-order valence-corrected chi connectivity index (χ0v) is 15.6. The first-order chi connectivity index (χ1) is 13.0. The molecular weight excluding hydrogens is 344 g/mol. The molecule has 1 heterocycles. The highest BCUT2D eigenvalue weighted by Gasteiger charge is 2.11. The molecule has 0 spiro atoms. The van der Waals surface area contributed by atoms with Crippen molar-refractivity contribution in [1.29, 1.82) is 0 Å². The number of fused-ring (bicyclic) bond motifs is 1. The number of nitrogens with zero attached hydrogens (tertiary/aromatic N) is 2. The predicted molar refractivity (Wildman–Crippen MR) is 103 cm³/mol. The van der Waals surface area contributed by atoms with Crippen molar-refractivity contribution in [3.8, 4) is 5.69 Å². The lowest BCUT2D eigenvalue weighted by Gasteiger charge is -2.12. The van der Waals surface area contributed by atoms with Crippen molar-refractivity contribution in [3.63, 3.8) is 0 Å². The van der Waals surface area contributed by atoms with E-state index in [1.54, 1.807) is 37.3 Å². The zero-order valence-electron chi connectivity index (χ0n) is 15.6. The molecule has 0 unspecified atom stereocenters. The molecule has 0 saturated carbocycles. The lowest BCUT2D eigenvalue weighted by Crippen LogP contribution is -2.22. The van der Waals surface area contributed by atoms with Crippen LogP contribution in [-0.4, -0.2) is 34.8 Å². The van der Waals surface area contributed by atoms with Crippen LogP contribution in [0, 0.1) is 6.92 Å². The average Bonchev–Trinajstić information content (AvgIpc) is 2.65. The molecule has 0 aliphatic heterocycles. The van der Waals surface area contributed by atoms with Gasteiger partial charge in [-0.2, -0.15) is 0 Å². The maximum atomic E-state index is 12.8. The number of rotatable bonds is 6. The molecule has 0 aliphatic rings. The van der Waals surface area contributed by atoms with Gasteiger partial charge in [0.25, 0.3) is 5.56 Å². The normalized spacial score (nSPS) is 11.1. The molecule has 0 atom stereocenters. The predicted octanol–water partition coefficient (Wildman–Crippen LogP) is 3.28. The molecule has 27 heavy (non-hydrogen) atoms. The fourth-order valence-corrected chi connectivity index (χ4v) is 2.80. The first kappa shape index (κ1) is 18.8. The van der Waals surface area contributed by atoms with Gasteiger partial charge in [0.15, 0.2) is 0 Å². The van der Waals surface area contributed by atoms with Gasteiger partial charge in [-0.3, -0.25) is 9.36 Å². The van der Waals surface area contributed by atoms with Crippen molar-refractivity contribution in [2.75, 3.05) is 13.2 Å². The van der Waals surface area contributed by atoms with E-state index in [1.165, 1.54) is 4.57 Å². The Morgan fingerprint density at radius 3 is 2.48 bits per heavy atom. The van der Waals surface area contributed by atoms with Crippen LogP contribution in [0.5, 0.6) is 0 Å². The fourth-order valence-electron chi connectivity index (χ4n) is 2.80. The Morgan fingerprint density at radius 2 is 1.78 bits per heavy atom. The topological polar surface area (TPSA) is 70.4 Å². The van der Waals surface area contributed by atoms with Crippen LogP contribution in [-0.2, 0) is 9.47 Å². The van der Waals surface area contributed by atoms with Gasteiger partial charge in [0, 0.05) is 0 Å². The summed E-state index contributed by atoms with van der Waals surface area (Å²) in [6.07, 6.45) is 0.0973. The summed E-state index contributed by atoms with van der Waals surface area (Å²) in [7, 11) is 0. The Kier molecular flexibility index (Phi) is 5.66. The number of benzene rings is 2. The van der Waals surface area contributed by atoms with Crippen molar-refractivity contribution in [1.82, 2.24) is 9.55 Å². The van der Waals surface area contributed by atoms with Crippen molar-refractivity contribution in [3.05, 3.63) is 70.3 Å². The minimum absolute atomic E-state index is 0.0973. The molecule has 0 radical (unpaired) electrons. The van der Waals surface area contributed by atoms with E-state index >= 15 is 0 Å². The van der Waals surface area contributed by atoms with Crippen LogP contribution in [0.4, 0.5) is 0 Å². The minimum atomic E-state index is -0.422. The van der Waals surface area contributed by atoms with Gasteiger partial charge in [-0.15, -0.1) is 0 Å². The van der Waals surface area contributed by atoms with Crippen LogP contribution in [0.25, 0.3) is 16.6 Å². The summed E-state index contributed by atoms with van der Waals surface area (Å²) in [4.78, 5) is 29.4. The molecule has 0 fully saturated rings. The van der Waals surface area contributed by atoms with E-state index in [1.807, 2.05) is 32.0 Å². The molecule has 0 bridgehead atoms. The van der Waals surface area contributed by atoms with E-state index in [4.69, 9.17) is 9.47 Å². The van der Waals surface area contributed by atoms with Crippen LogP contribution in [0.15, 0.2) is 53.3 Å². The standard InChI is InChI=1S/C21H22N2O4/c1-14(2)26-12-13-27-21(25)16-8-10-17(11-9-16)23-15(3)22-19-7-5-4-6-18(19)20(23)24/h4-11,14H,12-13H2,1-3H3. The van der Waals surface area contributed by atoms with Crippen LogP contribution in [0.3, 0.4) is 0 Å². The van der Waals surface area contributed by atoms with Crippen molar-refractivity contribution in [2.24, 2.45) is 0 Å². The highest BCUT2D eigenvalue weighted by atomic mass is 16.6. The van der Waals surface area contributed by atoms with Gasteiger partial charge in [0.05, 0.1) is 34.9 Å². The summed E-state index contributed by atoms with van der Waals surface area (Å²) in [6, 6.07) is 13.9. The third-order valence-electron chi connectivity index (χ3n) is 4.07. The molecule has 6 heteroatoms. The quantitative estimate of drug-likeness (QED) is 0.495. The molecule has 0 N–H and O–H groups in total. The molecule has 0 amide bonds. The Balaban J connectivity index is 1.81. The Bertz CT molecular complexity index is 1010. The number of esters is 1. The van der Waals surface area contributed by atoms with E-state index < -0.39 is 5.97 Å². The molecule has 2 aromatic carbocycles. The molecule has 6 nitrogen and oxygen atoms in total. The van der Waals surface area contributed by atoms with Crippen molar-refractivity contribution < 1.29 is 14.3 Å². The number of hydrogen-bond acceptors (Lipinski definition) is 5. The summed E-state index contributed by atoms with van der Waals surface area (Å²) in [5.74, 6) is 0.162. The smallest absolute Gasteiger partial charge is 0.338 e. The van der Waals surface area contributed by atoms with Gasteiger partial charge in [-0.05, 0) is 57.2 Å². The summed E-state index contributed by atoms with van der Waals surface area (Å²) in [5, 5.41) is 0.553. The van der Waals surface area contributed by atoms with Crippen molar-refractivity contribution in [2.45, 2.75) is 26.9 Å². The summed E-state index contributed by atoms with van der Waals surface area (Å²) in [6.45, 7) is 6.19. The Labute approximate surface area is 157 Å². The third-order valence-corrected chi connectivity index (χ3v) is 4.07. The summed E-state index contributed by atoms with van der Waals surface area (Å²) >= 11 is 0. The first-order valence-corrected chi connectivity index (χ1v) is 8.85. The number of aromatic nitrogens is 2. The molecule has 3 rings (SSSR count). The van der Waals surface area contributed by atoms with E-state index in [2.05, 4.69) is 4.98 Å². The van der Waals surface area contributed by atoms with E-state index in [9.17, 15) is 9.59 Å². The highest BCUT2D eigenvalue weighted by Crippen LogP contribution is 2.14. The maximum absolute atomic E-state index is 12.8. The molecule has 1 aromatic heterocycles.